The molecular formula is C14H14F3NO3. The number of hydrogen-bond acceptors (Lipinski definition) is 2. The smallest absolute Gasteiger partial charge is 0.397 e. The number of nitrogens with one attached hydrogen (secondary N) is 1. The molecule has 1 saturated carbocycles. The molecule has 7 heteroatoms. The van der Waals surface area contributed by atoms with Gasteiger partial charge in [0, 0.05) is 6.54 Å². The van der Waals surface area contributed by atoms with Crippen LogP contribution in [-0.2, 0) is 9.59 Å². The lowest BCUT2D eigenvalue weighted by Crippen LogP contribution is -2.36. The Morgan fingerprint density at radius 3 is 2.33 bits per heavy atom. The molecule has 1 amide bonds. The number of amides is 1. The van der Waals surface area contributed by atoms with Crippen LogP contribution in [0, 0.1) is 11.8 Å². The number of halogens is 3. The molecule has 0 saturated heterocycles. The fourth-order valence-electron chi connectivity index (χ4n) is 2.20. The highest BCUT2D eigenvalue weighted by atomic mass is 19.4. The van der Waals surface area contributed by atoms with Crippen LogP contribution in [0.25, 0.3) is 0 Å². The van der Waals surface area contributed by atoms with E-state index in [2.05, 4.69) is 5.32 Å². The Labute approximate surface area is 119 Å². The molecule has 0 radical (unpaired) electrons. The van der Waals surface area contributed by atoms with Crippen molar-refractivity contribution in [3.63, 3.8) is 0 Å². The summed E-state index contributed by atoms with van der Waals surface area (Å²) in [5.41, 5.74) is 0.0656. The van der Waals surface area contributed by atoms with E-state index < -0.39 is 42.4 Å². The molecule has 0 heterocycles. The van der Waals surface area contributed by atoms with Gasteiger partial charge in [0.05, 0.1) is 17.8 Å². The number of carbonyl (C=O) groups excluding carboxylic acids is 1. The molecule has 0 spiro atoms. The molecule has 2 N–H and O–H groups in total. The summed E-state index contributed by atoms with van der Waals surface area (Å²) in [5, 5.41) is 10.9. The van der Waals surface area contributed by atoms with Crippen molar-refractivity contribution in [1.82, 2.24) is 5.32 Å². The highest BCUT2D eigenvalue weighted by Gasteiger charge is 2.49. The highest BCUT2D eigenvalue weighted by molar-refractivity contribution is 5.89. The zero-order valence-electron chi connectivity index (χ0n) is 10.9. The van der Waals surface area contributed by atoms with Gasteiger partial charge in [0.1, 0.15) is 0 Å². The van der Waals surface area contributed by atoms with Gasteiger partial charge in [-0.05, 0) is 12.0 Å². The average Bonchev–Trinajstić information content (AvgIpc) is 3.18. The number of aliphatic carboxylic acids is 1. The highest BCUT2D eigenvalue weighted by Crippen LogP contribution is 2.39. The minimum atomic E-state index is -4.48. The van der Waals surface area contributed by atoms with Crippen LogP contribution in [0.5, 0.6) is 0 Å². The van der Waals surface area contributed by atoms with Crippen LogP contribution < -0.4 is 5.32 Å². The third-order valence-electron chi connectivity index (χ3n) is 3.52. The van der Waals surface area contributed by atoms with E-state index in [0.29, 0.717) is 0 Å². The predicted octanol–water partition coefficient (Wildman–Crippen LogP) is 2.17. The Bertz CT molecular complexity index is 530. The summed E-state index contributed by atoms with van der Waals surface area (Å²) >= 11 is 0. The molecule has 2 rings (SSSR count). The lowest BCUT2D eigenvalue weighted by molar-refractivity contribution is -0.151. The molecule has 3 unspecified atom stereocenters. The van der Waals surface area contributed by atoms with Gasteiger partial charge in [0.15, 0.2) is 0 Å². The van der Waals surface area contributed by atoms with Gasteiger partial charge in [-0.2, -0.15) is 13.2 Å². The normalized spacial score (nSPS) is 22.4. The van der Waals surface area contributed by atoms with Gasteiger partial charge >= 0.3 is 12.1 Å². The van der Waals surface area contributed by atoms with E-state index in [1.807, 2.05) is 0 Å². The van der Waals surface area contributed by atoms with Gasteiger partial charge in [-0.15, -0.1) is 0 Å². The molecule has 4 nitrogen and oxygen atoms in total. The molecule has 0 bridgehead atoms. The number of hydrogen-bond donors (Lipinski definition) is 2. The lowest BCUT2D eigenvalue weighted by atomic mass is 9.98. The van der Waals surface area contributed by atoms with Crippen molar-refractivity contribution < 1.29 is 27.9 Å². The minimum Gasteiger partial charge on any atom is -0.481 e. The molecular weight excluding hydrogens is 287 g/mol. The first-order valence-electron chi connectivity index (χ1n) is 6.43. The fourth-order valence-corrected chi connectivity index (χ4v) is 2.20. The first-order chi connectivity index (χ1) is 9.80. The first kappa shape index (κ1) is 15.3. The van der Waals surface area contributed by atoms with E-state index in [-0.39, 0.29) is 12.0 Å². The minimum absolute atomic E-state index is 0.0656. The molecule has 1 aliphatic carbocycles. The molecule has 0 aromatic heterocycles. The van der Waals surface area contributed by atoms with Crippen molar-refractivity contribution in [2.45, 2.75) is 18.5 Å². The number of rotatable bonds is 5. The Morgan fingerprint density at radius 2 is 1.86 bits per heavy atom. The molecule has 21 heavy (non-hydrogen) atoms. The van der Waals surface area contributed by atoms with Crippen LogP contribution in [0.15, 0.2) is 30.3 Å². The SMILES string of the molecule is O=C(O)C1CC1C(=O)NCC(c1ccccc1)C(F)(F)F. The van der Waals surface area contributed by atoms with Gasteiger partial charge in [-0.3, -0.25) is 9.59 Å². The summed E-state index contributed by atoms with van der Waals surface area (Å²) in [6, 6.07) is 7.30. The number of benzene rings is 1. The standard InChI is InChI=1S/C14H14F3NO3/c15-14(16,17)11(8-4-2-1-3-5-8)7-18-12(19)9-6-10(9)13(20)21/h1-5,9-11H,6-7H2,(H,18,19)(H,20,21). The van der Waals surface area contributed by atoms with Gasteiger partial charge in [-0.1, -0.05) is 30.3 Å². The van der Waals surface area contributed by atoms with E-state index in [1.165, 1.54) is 24.3 Å². The van der Waals surface area contributed by atoms with Crippen LogP contribution in [0.4, 0.5) is 13.2 Å². The summed E-state index contributed by atoms with van der Waals surface area (Å²) in [5.74, 6) is -5.01. The monoisotopic (exact) mass is 301 g/mol. The molecule has 3 atom stereocenters. The van der Waals surface area contributed by atoms with Crippen molar-refractivity contribution >= 4 is 11.9 Å². The van der Waals surface area contributed by atoms with Crippen molar-refractivity contribution in [1.29, 1.82) is 0 Å². The van der Waals surface area contributed by atoms with E-state index in [9.17, 15) is 22.8 Å². The third-order valence-corrected chi connectivity index (χ3v) is 3.52. The van der Waals surface area contributed by atoms with E-state index in [1.54, 1.807) is 6.07 Å². The summed E-state index contributed by atoms with van der Waals surface area (Å²) in [6.45, 7) is -0.588. The van der Waals surface area contributed by atoms with Crippen molar-refractivity contribution in [3.05, 3.63) is 35.9 Å². The average molecular weight is 301 g/mol. The molecule has 1 aromatic carbocycles. The van der Waals surface area contributed by atoms with Crippen molar-refractivity contribution in [2.24, 2.45) is 11.8 Å². The Morgan fingerprint density at radius 1 is 1.24 bits per heavy atom. The van der Waals surface area contributed by atoms with Gasteiger partial charge in [-0.25, -0.2) is 0 Å². The maximum Gasteiger partial charge on any atom is 0.397 e. The van der Waals surface area contributed by atoms with Crippen LogP contribution in [-0.4, -0.2) is 29.7 Å². The second-order valence-electron chi connectivity index (χ2n) is 5.04. The molecule has 114 valence electrons. The number of alkyl halides is 3. The molecule has 1 aliphatic rings. The summed E-state index contributed by atoms with van der Waals surface area (Å²) in [4.78, 5) is 22.3. The van der Waals surface area contributed by atoms with Gasteiger partial charge < -0.3 is 10.4 Å². The van der Waals surface area contributed by atoms with Gasteiger partial charge in [0.2, 0.25) is 5.91 Å². The van der Waals surface area contributed by atoms with E-state index >= 15 is 0 Å². The number of carbonyl (C=O) groups is 2. The van der Waals surface area contributed by atoms with Crippen LogP contribution >= 0.6 is 0 Å². The number of carboxylic acid groups (broad SMARTS) is 1. The second-order valence-corrected chi connectivity index (χ2v) is 5.04. The maximum absolute atomic E-state index is 13.0. The fraction of sp³-hybridized carbons (Fsp3) is 0.429. The zero-order chi connectivity index (χ0) is 15.6. The predicted molar refractivity (Wildman–Crippen MR) is 67.5 cm³/mol. The summed E-state index contributed by atoms with van der Waals surface area (Å²) in [6.07, 6.45) is -4.30. The van der Waals surface area contributed by atoms with Crippen LogP contribution in [0.1, 0.15) is 17.9 Å². The van der Waals surface area contributed by atoms with Crippen molar-refractivity contribution in [3.8, 4) is 0 Å². The lowest BCUT2D eigenvalue weighted by Gasteiger charge is -2.21. The summed E-state index contributed by atoms with van der Waals surface area (Å²) in [7, 11) is 0. The quantitative estimate of drug-likeness (QED) is 0.876. The topological polar surface area (TPSA) is 66.4 Å². The van der Waals surface area contributed by atoms with E-state index in [4.69, 9.17) is 5.11 Å². The van der Waals surface area contributed by atoms with E-state index in [0.717, 1.165) is 0 Å². The maximum atomic E-state index is 13.0. The molecule has 1 aromatic rings. The third kappa shape index (κ3) is 3.74. The van der Waals surface area contributed by atoms with Gasteiger partial charge in [0.25, 0.3) is 0 Å². The number of carboxylic acids is 1. The Balaban J connectivity index is 1.98. The largest absolute Gasteiger partial charge is 0.481 e. The second kappa shape index (κ2) is 5.75. The molecule has 1 fully saturated rings. The van der Waals surface area contributed by atoms with Crippen LogP contribution in [0.3, 0.4) is 0 Å². The summed E-state index contributed by atoms with van der Waals surface area (Å²) < 4.78 is 39.1. The zero-order valence-corrected chi connectivity index (χ0v) is 10.9. The Kier molecular flexibility index (Phi) is 4.20. The first-order valence-corrected chi connectivity index (χ1v) is 6.43. The Hall–Kier alpha value is -2.05. The molecule has 0 aliphatic heterocycles. The van der Waals surface area contributed by atoms with Crippen molar-refractivity contribution in [2.75, 3.05) is 6.54 Å². The van der Waals surface area contributed by atoms with Crippen LogP contribution in [0.2, 0.25) is 0 Å².